The molecule has 6 nitrogen and oxygen atoms in total. The Morgan fingerprint density at radius 3 is 2.62 bits per heavy atom. The molecule has 2 saturated heterocycles. The molecular formula is C10H16O6. The third kappa shape index (κ3) is 2.93. The maximum atomic E-state index is 10.3. The molecule has 1 N–H and O–H groups in total. The highest BCUT2D eigenvalue weighted by Crippen LogP contribution is 2.26. The van der Waals surface area contributed by atoms with Gasteiger partial charge in [-0.3, -0.25) is 0 Å². The zero-order valence-corrected chi connectivity index (χ0v) is 8.96. The number of hydrogen-bond donors (Lipinski definition) is 1. The van der Waals surface area contributed by atoms with Gasteiger partial charge in [-0.25, -0.2) is 9.78 Å². The van der Waals surface area contributed by atoms with Crippen LogP contribution in [0.25, 0.3) is 0 Å². The normalized spacial score (nSPS) is 28.7. The highest BCUT2D eigenvalue weighted by Gasteiger charge is 2.43. The molecule has 0 aliphatic carbocycles. The van der Waals surface area contributed by atoms with Gasteiger partial charge in [-0.05, 0) is 0 Å². The molecule has 2 rings (SSSR count). The van der Waals surface area contributed by atoms with Crippen LogP contribution in [0.4, 0.5) is 0 Å². The van der Waals surface area contributed by atoms with Crippen molar-refractivity contribution in [3.8, 4) is 0 Å². The van der Waals surface area contributed by atoms with E-state index in [0.29, 0.717) is 13.2 Å². The van der Waals surface area contributed by atoms with Gasteiger partial charge in [-0.15, -0.1) is 0 Å². The first-order valence-corrected chi connectivity index (χ1v) is 5.19. The molecule has 0 spiro atoms. The Labute approximate surface area is 93.6 Å². The van der Waals surface area contributed by atoms with Gasteiger partial charge < -0.3 is 19.3 Å². The van der Waals surface area contributed by atoms with E-state index in [9.17, 15) is 5.11 Å². The Morgan fingerprint density at radius 2 is 2.06 bits per heavy atom. The molecule has 6 heteroatoms. The molecule has 2 fully saturated rings. The largest absolute Gasteiger partial charge is 0.496 e. The quantitative estimate of drug-likeness (QED) is 0.284. The summed E-state index contributed by atoms with van der Waals surface area (Å²) in [6.07, 6.45) is 1.34. The van der Waals surface area contributed by atoms with E-state index >= 15 is 0 Å². The van der Waals surface area contributed by atoms with Crippen LogP contribution in [0.5, 0.6) is 0 Å². The first kappa shape index (κ1) is 11.8. The van der Waals surface area contributed by atoms with Crippen molar-refractivity contribution in [2.75, 3.05) is 33.0 Å². The second-order valence-electron chi connectivity index (χ2n) is 3.85. The molecule has 0 amide bonds. The second kappa shape index (κ2) is 5.11. The number of aliphatic hydroxyl groups is 1. The summed E-state index contributed by atoms with van der Waals surface area (Å²) in [6.45, 7) is 5.00. The van der Waals surface area contributed by atoms with Crippen molar-refractivity contribution in [3.05, 3.63) is 12.8 Å². The van der Waals surface area contributed by atoms with Crippen LogP contribution in [-0.2, 0) is 24.0 Å². The molecule has 92 valence electrons. The van der Waals surface area contributed by atoms with E-state index in [0.717, 1.165) is 0 Å². The Bertz CT molecular complexity index is 235. The van der Waals surface area contributed by atoms with Crippen LogP contribution in [0, 0.1) is 5.92 Å². The van der Waals surface area contributed by atoms with Gasteiger partial charge in [-0.2, -0.15) is 0 Å². The molecule has 2 atom stereocenters. The monoisotopic (exact) mass is 232 g/mol. The molecule has 0 aromatic heterocycles. The lowest BCUT2D eigenvalue weighted by Crippen LogP contribution is -2.47. The van der Waals surface area contributed by atoms with Crippen molar-refractivity contribution >= 4 is 0 Å². The minimum Gasteiger partial charge on any atom is -0.496 e. The van der Waals surface area contributed by atoms with Crippen molar-refractivity contribution in [2.24, 2.45) is 5.92 Å². The van der Waals surface area contributed by atoms with Crippen molar-refractivity contribution in [3.63, 3.8) is 0 Å². The van der Waals surface area contributed by atoms with Crippen LogP contribution in [0.15, 0.2) is 12.8 Å². The van der Waals surface area contributed by atoms with Crippen LogP contribution in [0.1, 0.15) is 0 Å². The number of hydrogen-bond acceptors (Lipinski definition) is 6. The summed E-state index contributed by atoms with van der Waals surface area (Å²) in [6, 6.07) is 0. The van der Waals surface area contributed by atoms with Crippen molar-refractivity contribution in [1.29, 1.82) is 0 Å². The van der Waals surface area contributed by atoms with Crippen LogP contribution < -0.4 is 0 Å². The molecule has 2 aliphatic rings. The first-order chi connectivity index (χ1) is 7.74. The Morgan fingerprint density at radius 1 is 1.38 bits per heavy atom. The van der Waals surface area contributed by atoms with Crippen LogP contribution in [0.3, 0.4) is 0 Å². The Kier molecular flexibility index (Phi) is 3.78. The van der Waals surface area contributed by atoms with Crippen LogP contribution in [0.2, 0.25) is 0 Å². The molecule has 0 aromatic carbocycles. The number of rotatable bonds is 7. The van der Waals surface area contributed by atoms with Crippen molar-refractivity contribution < 1.29 is 29.1 Å². The summed E-state index contributed by atoms with van der Waals surface area (Å²) in [5.74, 6) is -1.69. The summed E-state index contributed by atoms with van der Waals surface area (Å²) in [7, 11) is 0. The molecular weight excluding hydrogens is 216 g/mol. The summed E-state index contributed by atoms with van der Waals surface area (Å²) in [4.78, 5) is 9.51. The molecule has 0 saturated carbocycles. The molecule has 2 unspecified atom stereocenters. The highest BCUT2D eigenvalue weighted by atomic mass is 17.2. The van der Waals surface area contributed by atoms with Gasteiger partial charge in [-0.1, -0.05) is 6.58 Å². The predicted molar refractivity (Wildman–Crippen MR) is 52.2 cm³/mol. The number of epoxide rings is 1. The Hall–Kier alpha value is -0.660. The van der Waals surface area contributed by atoms with E-state index in [4.69, 9.17) is 24.0 Å². The van der Waals surface area contributed by atoms with Crippen molar-refractivity contribution in [1.82, 2.24) is 0 Å². The SMILES string of the molecule is C=COCC(O)(OCC1CO1)C1COOC1. The van der Waals surface area contributed by atoms with Crippen LogP contribution >= 0.6 is 0 Å². The van der Waals surface area contributed by atoms with E-state index in [1.165, 1.54) is 6.26 Å². The summed E-state index contributed by atoms with van der Waals surface area (Å²) in [5.41, 5.74) is 0. The smallest absolute Gasteiger partial charge is 0.208 e. The maximum absolute atomic E-state index is 10.3. The van der Waals surface area contributed by atoms with Gasteiger partial charge in [0.2, 0.25) is 5.79 Å². The minimum atomic E-state index is -1.42. The third-order valence-corrected chi connectivity index (χ3v) is 2.59. The van der Waals surface area contributed by atoms with Crippen molar-refractivity contribution in [2.45, 2.75) is 11.9 Å². The predicted octanol–water partition coefficient (Wildman–Crippen LogP) is -0.172. The van der Waals surface area contributed by atoms with Gasteiger partial charge >= 0.3 is 0 Å². The first-order valence-electron chi connectivity index (χ1n) is 5.19. The molecule has 2 heterocycles. The van der Waals surface area contributed by atoms with E-state index < -0.39 is 5.79 Å². The molecule has 0 bridgehead atoms. The highest BCUT2D eigenvalue weighted by molar-refractivity contribution is 4.81. The standard InChI is InChI=1S/C10H16O6/c1-2-12-7-10(11,8-3-15-16-4-8)14-6-9-5-13-9/h2,8-9,11H,1,3-7H2. The molecule has 2 aliphatic heterocycles. The lowest BCUT2D eigenvalue weighted by Gasteiger charge is -2.31. The van der Waals surface area contributed by atoms with E-state index in [1.54, 1.807) is 0 Å². The van der Waals surface area contributed by atoms with E-state index in [-0.39, 0.29) is 31.8 Å². The summed E-state index contributed by atoms with van der Waals surface area (Å²) >= 11 is 0. The zero-order valence-electron chi connectivity index (χ0n) is 8.96. The van der Waals surface area contributed by atoms with Gasteiger partial charge in [0.25, 0.3) is 0 Å². The fourth-order valence-corrected chi connectivity index (χ4v) is 1.43. The Balaban J connectivity index is 1.88. The summed E-state index contributed by atoms with van der Waals surface area (Å²) in [5, 5.41) is 10.3. The lowest BCUT2D eigenvalue weighted by molar-refractivity contribution is -0.254. The fourth-order valence-electron chi connectivity index (χ4n) is 1.43. The summed E-state index contributed by atoms with van der Waals surface area (Å²) < 4.78 is 15.4. The van der Waals surface area contributed by atoms with Gasteiger partial charge in [0, 0.05) is 0 Å². The van der Waals surface area contributed by atoms with Crippen LogP contribution in [-0.4, -0.2) is 50.0 Å². The molecule has 0 aromatic rings. The average Bonchev–Trinajstić information content (AvgIpc) is 2.95. The third-order valence-electron chi connectivity index (χ3n) is 2.59. The maximum Gasteiger partial charge on any atom is 0.208 e. The van der Waals surface area contributed by atoms with Gasteiger partial charge in [0.05, 0.1) is 38.6 Å². The second-order valence-corrected chi connectivity index (χ2v) is 3.85. The topological polar surface area (TPSA) is 69.7 Å². The average molecular weight is 232 g/mol. The van der Waals surface area contributed by atoms with Gasteiger partial charge in [0.1, 0.15) is 12.7 Å². The number of ether oxygens (including phenoxy) is 3. The lowest BCUT2D eigenvalue weighted by atomic mass is 10.0. The minimum absolute atomic E-state index is 0.000602. The fraction of sp³-hybridized carbons (Fsp3) is 0.800. The molecule has 0 radical (unpaired) electrons. The van der Waals surface area contributed by atoms with Gasteiger partial charge in [0.15, 0.2) is 0 Å². The van der Waals surface area contributed by atoms with E-state index in [1.807, 2.05) is 0 Å². The zero-order chi connectivity index (χ0) is 11.4. The molecule has 16 heavy (non-hydrogen) atoms. The van der Waals surface area contributed by atoms with E-state index in [2.05, 4.69) is 6.58 Å².